The van der Waals surface area contributed by atoms with Crippen LogP contribution in [0.1, 0.15) is 97.2 Å². The molecule has 3 aromatic carbocycles. The molecule has 0 saturated heterocycles. The topological polar surface area (TPSA) is 97.6 Å². The molecule has 2 aliphatic carbocycles. The van der Waals surface area contributed by atoms with Crippen LogP contribution in [0.2, 0.25) is 0 Å². The number of hydrogen-bond donors (Lipinski definition) is 2. The van der Waals surface area contributed by atoms with E-state index in [0.717, 1.165) is 43.8 Å². The Balaban J connectivity index is 1.19. The molecule has 2 saturated carbocycles. The van der Waals surface area contributed by atoms with Crippen molar-refractivity contribution in [2.24, 2.45) is 0 Å². The summed E-state index contributed by atoms with van der Waals surface area (Å²) >= 11 is 0. The van der Waals surface area contributed by atoms with E-state index in [2.05, 4.69) is 40.2 Å². The van der Waals surface area contributed by atoms with Crippen LogP contribution >= 0.6 is 0 Å². The number of aliphatic carboxylic acids is 1. The highest BCUT2D eigenvalue weighted by Gasteiger charge is 2.44. The highest BCUT2D eigenvalue weighted by molar-refractivity contribution is 6.03. The van der Waals surface area contributed by atoms with Crippen LogP contribution in [0.4, 0.5) is 0 Å². The first-order chi connectivity index (χ1) is 22.4. The molecule has 1 aromatic heterocycles. The van der Waals surface area contributed by atoms with E-state index in [1.54, 1.807) is 24.3 Å². The standard InChI is InChI=1S/C39H40N2O5/c42-34(43)21-16-26-14-18-30(19-15-26)46-38(45)39(22-6-7-23-39)40-37(44)29-17-20-32-33(25-29)41-24-8-12-27-9-4-5-13-31(27)36(41)35(32)28-10-2-1-3-11-28/h4-5,9,13-21,25,28H,1-3,6-8,10-12,22-24H2,(H,40,44)(H,42,43)/b21-16+. The number of aromatic nitrogens is 1. The van der Waals surface area contributed by atoms with Gasteiger partial charge in [-0.1, -0.05) is 74.6 Å². The molecule has 1 amide bonds. The van der Waals surface area contributed by atoms with E-state index < -0.39 is 17.5 Å². The van der Waals surface area contributed by atoms with E-state index in [9.17, 15) is 14.4 Å². The summed E-state index contributed by atoms with van der Waals surface area (Å²) in [6, 6.07) is 21.6. The minimum Gasteiger partial charge on any atom is -0.478 e. The highest BCUT2D eigenvalue weighted by Crippen LogP contribution is 2.46. The molecule has 2 fully saturated rings. The minimum atomic E-state index is -1.10. The smallest absolute Gasteiger partial charge is 0.337 e. The fourth-order valence-electron chi connectivity index (χ4n) is 7.91. The maximum absolute atomic E-state index is 13.9. The molecule has 236 valence electrons. The number of nitrogens with zero attached hydrogens (tertiary/aromatic N) is 1. The zero-order chi connectivity index (χ0) is 31.7. The van der Waals surface area contributed by atoms with Gasteiger partial charge in [0.05, 0.1) is 5.69 Å². The number of rotatable bonds is 7. The third-order valence-corrected chi connectivity index (χ3v) is 10.2. The van der Waals surface area contributed by atoms with Gasteiger partial charge in [0.1, 0.15) is 11.3 Å². The van der Waals surface area contributed by atoms with E-state index in [1.165, 1.54) is 66.0 Å². The lowest BCUT2D eigenvalue weighted by Crippen LogP contribution is -2.54. The first-order valence-electron chi connectivity index (χ1n) is 16.7. The van der Waals surface area contributed by atoms with Gasteiger partial charge < -0.3 is 19.7 Å². The van der Waals surface area contributed by atoms with Crippen molar-refractivity contribution in [3.05, 3.63) is 95.1 Å². The summed E-state index contributed by atoms with van der Waals surface area (Å²) in [7, 11) is 0. The number of nitrogens with one attached hydrogen (secondary N) is 1. The van der Waals surface area contributed by atoms with Crippen molar-refractivity contribution < 1.29 is 24.2 Å². The predicted octanol–water partition coefficient (Wildman–Crippen LogP) is 8.05. The van der Waals surface area contributed by atoms with Gasteiger partial charge in [-0.05, 0) is 91.5 Å². The normalized spacial score (nSPS) is 17.7. The van der Waals surface area contributed by atoms with Crippen LogP contribution in [0.15, 0.2) is 72.8 Å². The quantitative estimate of drug-likeness (QED) is 0.124. The summed E-state index contributed by atoms with van der Waals surface area (Å²) in [6.45, 7) is 0.902. The first-order valence-corrected chi connectivity index (χ1v) is 16.7. The van der Waals surface area contributed by atoms with Crippen molar-refractivity contribution in [1.29, 1.82) is 0 Å². The molecule has 1 aliphatic heterocycles. The van der Waals surface area contributed by atoms with Gasteiger partial charge in [0.2, 0.25) is 0 Å². The second-order valence-electron chi connectivity index (χ2n) is 13.1. The number of ether oxygens (including phenoxy) is 1. The SMILES string of the molecule is O=C(O)/C=C/c1ccc(OC(=O)C2(NC(=O)c3ccc4c(C5CCCCC5)c5n(c4c3)CCCc3ccccc3-5)CCCC2)cc1. The Morgan fingerprint density at radius 3 is 2.41 bits per heavy atom. The van der Waals surface area contributed by atoms with Crippen molar-refractivity contribution in [3.63, 3.8) is 0 Å². The summed E-state index contributed by atoms with van der Waals surface area (Å²) in [4.78, 5) is 38.4. The second kappa shape index (κ2) is 12.6. The first kappa shape index (κ1) is 30.0. The molecule has 0 bridgehead atoms. The van der Waals surface area contributed by atoms with E-state index in [0.29, 0.717) is 35.6 Å². The Labute approximate surface area is 269 Å². The Morgan fingerprint density at radius 1 is 0.891 bits per heavy atom. The average molecular weight is 617 g/mol. The lowest BCUT2D eigenvalue weighted by atomic mass is 9.81. The van der Waals surface area contributed by atoms with Gasteiger partial charge in [0, 0.05) is 34.7 Å². The van der Waals surface area contributed by atoms with Gasteiger partial charge >= 0.3 is 11.9 Å². The van der Waals surface area contributed by atoms with Crippen molar-refractivity contribution in [3.8, 4) is 17.0 Å². The number of aryl methyl sites for hydroxylation is 2. The zero-order valence-corrected chi connectivity index (χ0v) is 26.1. The van der Waals surface area contributed by atoms with Crippen LogP contribution in [0.25, 0.3) is 28.2 Å². The number of carboxylic acid groups (broad SMARTS) is 1. The van der Waals surface area contributed by atoms with Gasteiger partial charge in [-0.15, -0.1) is 0 Å². The molecule has 2 N–H and O–H groups in total. The van der Waals surface area contributed by atoms with Crippen LogP contribution < -0.4 is 10.1 Å². The van der Waals surface area contributed by atoms with Crippen molar-refractivity contribution in [1.82, 2.24) is 9.88 Å². The Hall–Kier alpha value is -4.65. The van der Waals surface area contributed by atoms with Crippen LogP contribution in [-0.2, 0) is 22.6 Å². The number of esters is 1. The van der Waals surface area contributed by atoms with Crippen molar-refractivity contribution in [2.45, 2.75) is 88.6 Å². The molecule has 7 nitrogen and oxygen atoms in total. The fraction of sp³-hybridized carbons (Fsp3) is 0.359. The molecule has 7 rings (SSSR count). The number of carbonyl (C=O) groups is 3. The number of carboxylic acids is 1. The van der Waals surface area contributed by atoms with E-state index >= 15 is 0 Å². The largest absolute Gasteiger partial charge is 0.478 e. The molecular formula is C39H40N2O5. The van der Waals surface area contributed by atoms with Gasteiger partial charge in [-0.25, -0.2) is 9.59 Å². The van der Waals surface area contributed by atoms with Crippen LogP contribution in [-0.4, -0.2) is 33.1 Å². The average Bonchev–Trinajstić information content (AvgIpc) is 3.62. The van der Waals surface area contributed by atoms with Gasteiger partial charge in [0.25, 0.3) is 5.91 Å². The highest BCUT2D eigenvalue weighted by atomic mass is 16.5. The van der Waals surface area contributed by atoms with Crippen molar-refractivity contribution >= 4 is 34.8 Å². The second-order valence-corrected chi connectivity index (χ2v) is 13.1. The summed E-state index contributed by atoms with van der Waals surface area (Å²) in [5.41, 5.74) is 6.71. The Kier molecular flexibility index (Phi) is 8.24. The van der Waals surface area contributed by atoms with Crippen LogP contribution in [0.3, 0.4) is 0 Å². The molecule has 0 spiro atoms. The summed E-state index contributed by atoms with van der Waals surface area (Å²) in [5, 5.41) is 13.2. The summed E-state index contributed by atoms with van der Waals surface area (Å²) in [5.74, 6) is -0.904. The number of benzene rings is 3. The predicted molar refractivity (Wildman–Crippen MR) is 179 cm³/mol. The third-order valence-electron chi connectivity index (χ3n) is 10.2. The molecule has 2 heterocycles. The molecule has 46 heavy (non-hydrogen) atoms. The minimum absolute atomic E-state index is 0.265. The number of hydrogen-bond acceptors (Lipinski definition) is 4. The van der Waals surface area contributed by atoms with Crippen LogP contribution in [0.5, 0.6) is 5.75 Å². The molecule has 4 aromatic rings. The lowest BCUT2D eigenvalue weighted by molar-refractivity contribution is -0.141. The number of carbonyl (C=O) groups excluding carboxylic acids is 2. The zero-order valence-electron chi connectivity index (χ0n) is 26.1. The Bertz CT molecular complexity index is 1820. The van der Waals surface area contributed by atoms with Crippen molar-refractivity contribution in [2.75, 3.05) is 0 Å². The fourth-order valence-corrected chi connectivity index (χ4v) is 7.91. The molecule has 0 radical (unpaired) electrons. The lowest BCUT2D eigenvalue weighted by Gasteiger charge is -2.28. The summed E-state index contributed by atoms with van der Waals surface area (Å²) in [6.07, 6.45) is 13.5. The summed E-state index contributed by atoms with van der Waals surface area (Å²) < 4.78 is 8.24. The number of amides is 1. The van der Waals surface area contributed by atoms with Gasteiger partial charge in [-0.2, -0.15) is 0 Å². The molecule has 0 atom stereocenters. The van der Waals surface area contributed by atoms with E-state index in [-0.39, 0.29) is 5.91 Å². The third kappa shape index (κ3) is 5.75. The maximum Gasteiger partial charge on any atom is 0.337 e. The van der Waals surface area contributed by atoms with Crippen LogP contribution in [0, 0.1) is 0 Å². The van der Waals surface area contributed by atoms with E-state index in [1.807, 2.05) is 12.1 Å². The molecule has 7 heteroatoms. The van der Waals surface area contributed by atoms with Gasteiger partial charge in [-0.3, -0.25) is 4.79 Å². The Morgan fingerprint density at radius 2 is 1.65 bits per heavy atom. The molecule has 0 unspecified atom stereocenters. The number of fused-ring (bicyclic) bond motifs is 5. The molecular weight excluding hydrogens is 576 g/mol. The van der Waals surface area contributed by atoms with Gasteiger partial charge in [0.15, 0.2) is 0 Å². The maximum atomic E-state index is 13.9. The molecule has 3 aliphatic rings. The van der Waals surface area contributed by atoms with E-state index in [4.69, 9.17) is 9.84 Å². The monoisotopic (exact) mass is 616 g/mol.